The second kappa shape index (κ2) is 7.93. The molecule has 1 spiro atoms. The fourth-order valence-corrected chi connectivity index (χ4v) is 4.71. The molecule has 0 unspecified atom stereocenters. The topological polar surface area (TPSA) is 38.8 Å². The quantitative estimate of drug-likeness (QED) is 0.590. The highest BCUT2D eigenvalue weighted by Gasteiger charge is 2.48. The van der Waals surface area contributed by atoms with Gasteiger partial charge in [-0.2, -0.15) is 0 Å². The van der Waals surface area contributed by atoms with Crippen LogP contribution < -0.4 is 9.64 Å². The van der Waals surface area contributed by atoms with Crippen LogP contribution in [0, 0.1) is 5.82 Å². The molecule has 1 aliphatic carbocycles. The molecule has 2 aromatic carbocycles. The molecule has 30 heavy (non-hydrogen) atoms. The molecule has 0 saturated heterocycles. The zero-order valence-corrected chi connectivity index (χ0v) is 18.0. The Morgan fingerprint density at radius 3 is 2.47 bits per heavy atom. The highest BCUT2D eigenvalue weighted by molar-refractivity contribution is 5.92. The van der Waals surface area contributed by atoms with Crippen molar-refractivity contribution in [2.24, 2.45) is 0 Å². The van der Waals surface area contributed by atoms with Crippen LogP contribution in [0.4, 0.5) is 14.9 Å². The van der Waals surface area contributed by atoms with E-state index in [1.54, 1.807) is 11.0 Å². The van der Waals surface area contributed by atoms with E-state index in [9.17, 15) is 4.79 Å². The van der Waals surface area contributed by atoms with Crippen molar-refractivity contribution >= 4 is 11.8 Å². The Balaban J connectivity index is 1.68. The van der Waals surface area contributed by atoms with E-state index in [1.165, 1.54) is 6.07 Å². The van der Waals surface area contributed by atoms with Crippen LogP contribution >= 0.6 is 0 Å². The zero-order chi connectivity index (χ0) is 21.4. The molecule has 0 atom stereocenters. The summed E-state index contributed by atoms with van der Waals surface area (Å²) >= 11 is 0. The number of halogens is 1. The molecule has 1 amide bonds. The lowest BCUT2D eigenvalue weighted by Gasteiger charge is -2.34. The average molecular weight is 412 g/mol. The predicted molar refractivity (Wildman–Crippen MR) is 116 cm³/mol. The number of amides is 1. The molecule has 0 aromatic heterocycles. The number of anilines is 1. The van der Waals surface area contributed by atoms with Crippen LogP contribution in [0.1, 0.15) is 64.0 Å². The summed E-state index contributed by atoms with van der Waals surface area (Å²) in [6.45, 7) is 6.35. The summed E-state index contributed by atoms with van der Waals surface area (Å²) in [5.41, 5.74) is 1.31. The number of hydrogen-bond donors (Lipinski definition) is 0. The minimum atomic E-state index is -0.612. The molecule has 1 fully saturated rings. The minimum Gasteiger partial charge on any atom is -0.489 e. The van der Waals surface area contributed by atoms with Crippen LogP contribution in [0.5, 0.6) is 5.75 Å². The van der Waals surface area contributed by atoms with Crippen molar-refractivity contribution in [2.45, 2.75) is 70.5 Å². The van der Waals surface area contributed by atoms with Crippen LogP contribution in [0.2, 0.25) is 0 Å². The van der Waals surface area contributed by atoms with Gasteiger partial charge in [0.25, 0.3) is 0 Å². The van der Waals surface area contributed by atoms with Crippen LogP contribution in [0.25, 0.3) is 0 Å². The summed E-state index contributed by atoms with van der Waals surface area (Å²) in [6.07, 6.45) is 4.61. The minimum absolute atomic E-state index is 0.288. The smallest absolute Gasteiger partial charge is 0.414 e. The van der Waals surface area contributed by atoms with E-state index in [2.05, 4.69) is 0 Å². The molecule has 1 heterocycles. The van der Waals surface area contributed by atoms with Crippen molar-refractivity contribution in [3.05, 3.63) is 59.4 Å². The largest absolute Gasteiger partial charge is 0.489 e. The Morgan fingerprint density at radius 2 is 1.80 bits per heavy atom. The first kappa shape index (κ1) is 20.7. The molecule has 0 radical (unpaired) electrons. The fraction of sp³-hybridized carbons (Fsp3) is 0.480. The van der Waals surface area contributed by atoms with Crippen molar-refractivity contribution in [2.75, 3.05) is 11.4 Å². The lowest BCUT2D eigenvalue weighted by atomic mass is 9.70. The number of fused-ring (bicyclic) bond motifs is 2. The summed E-state index contributed by atoms with van der Waals surface area (Å²) in [6, 6.07) is 13.0. The monoisotopic (exact) mass is 411 g/mol. The molecule has 4 rings (SSSR count). The van der Waals surface area contributed by atoms with E-state index >= 15 is 4.39 Å². The fourth-order valence-electron chi connectivity index (χ4n) is 4.71. The summed E-state index contributed by atoms with van der Waals surface area (Å²) in [7, 11) is 0. The first-order valence-electron chi connectivity index (χ1n) is 10.8. The first-order chi connectivity index (χ1) is 14.3. The van der Waals surface area contributed by atoms with Crippen molar-refractivity contribution in [1.82, 2.24) is 0 Å². The van der Waals surface area contributed by atoms with E-state index in [4.69, 9.17) is 9.47 Å². The van der Waals surface area contributed by atoms with Gasteiger partial charge in [0, 0.05) is 29.7 Å². The lowest BCUT2D eigenvalue weighted by molar-refractivity contribution is 0.0575. The van der Waals surface area contributed by atoms with E-state index in [-0.39, 0.29) is 11.2 Å². The van der Waals surface area contributed by atoms with Crippen LogP contribution in [0.15, 0.2) is 42.5 Å². The molecular formula is C25H30FNO3. The van der Waals surface area contributed by atoms with Crippen molar-refractivity contribution < 1.29 is 18.7 Å². The Hall–Kier alpha value is -2.56. The second-order valence-corrected chi connectivity index (χ2v) is 9.48. The van der Waals surface area contributed by atoms with Gasteiger partial charge in [-0.25, -0.2) is 9.18 Å². The molecule has 1 aliphatic heterocycles. The Labute approximate surface area is 178 Å². The molecule has 5 heteroatoms. The van der Waals surface area contributed by atoms with Gasteiger partial charge in [0.05, 0.1) is 5.69 Å². The number of ether oxygens (including phenoxy) is 2. The first-order valence-corrected chi connectivity index (χ1v) is 10.8. The van der Waals surface area contributed by atoms with Gasteiger partial charge in [0.15, 0.2) is 0 Å². The third-order valence-electron chi connectivity index (χ3n) is 6.00. The van der Waals surface area contributed by atoms with Gasteiger partial charge in [0.2, 0.25) is 0 Å². The molecule has 4 nitrogen and oxygen atoms in total. The number of hydrogen-bond acceptors (Lipinski definition) is 3. The normalized spacial score (nSPS) is 17.7. The van der Waals surface area contributed by atoms with Gasteiger partial charge < -0.3 is 9.47 Å². The molecule has 2 aromatic rings. The summed E-state index contributed by atoms with van der Waals surface area (Å²) in [5.74, 6) is 0.139. The zero-order valence-electron chi connectivity index (χ0n) is 18.0. The molecule has 0 bridgehead atoms. The number of rotatable bonds is 3. The van der Waals surface area contributed by atoms with Gasteiger partial charge in [-0.1, -0.05) is 49.6 Å². The van der Waals surface area contributed by atoms with Crippen molar-refractivity contribution in [3.8, 4) is 5.75 Å². The van der Waals surface area contributed by atoms with Crippen LogP contribution in [0.3, 0.4) is 0 Å². The summed E-state index contributed by atoms with van der Waals surface area (Å²) < 4.78 is 27.0. The molecular weight excluding hydrogens is 381 g/mol. The Morgan fingerprint density at radius 1 is 1.10 bits per heavy atom. The number of nitrogens with zero attached hydrogens (tertiary/aromatic N) is 1. The second-order valence-electron chi connectivity index (χ2n) is 9.48. The van der Waals surface area contributed by atoms with E-state index in [0.29, 0.717) is 30.2 Å². The van der Waals surface area contributed by atoms with Crippen LogP contribution in [-0.4, -0.2) is 18.2 Å². The number of carbonyl (C=O) groups excluding carboxylic acids is 1. The summed E-state index contributed by atoms with van der Waals surface area (Å²) in [4.78, 5) is 14.6. The maximum Gasteiger partial charge on any atom is 0.414 e. The van der Waals surface area contributed by atoms with Gasteiger partial charge in [-0.3, -0.25) is 4.90 Å². The molecule has 0 N–H and O–H groups in total. The van der Waals surface area contributed by atoms with Crippen molar-refractivity contribution in [1.29, 1.82) is 0 Å². The number of carbonyl (C=O) groups is 1. The highest BCUT2D eigenvalue weighted by Crippen LogP contribution is 2.51. The van der Waals surface area contributed by atoms with E-state index < -0.39 is 11.7 Å². The maximum atomic E-state index is 15.4. The molecule has 1 saturated carbocycles. The van der Waals surface area contributed by atoms with Gasteiger partial charge >= 0.3 is 6.09 Å². The SMILES string of the molecule is CC(C)(C)OC(=O)N1CC2(CCCCC2)c2c(F)cc(OCc3ccccc3)cc21. The van der Waals surface area contributed by atoms with Gasteiger partial charge in [-0.15, -0.1) is 0 Å². The van der Waals surface area contributed by atoms with Gasteiger partial charge in [-0.05, 0) is 39.2 Å². The van der Waals surface area contributed by atoms with E-state index in [0.717, 1.165) is 37.7 Å². The Kier molecular flexibility index (Phi) is 5.48. The lowest BCUT2D eigenvalue weighted by Crippen LogP contribution is -2.41. The third-order valence-corrected chi connectivity index (χ3v) is 6.00. The molecule has 2 aliphatic rings. The number of benzene rings is 2. The van der Waals surface area contributed by atoms with Crippen LogP contribution in [-0.2, 0) is 16.8 Å². The van der Waals surface area contributed by atoms with Crippen molar-refractivity contribution in [3.63, 3.8) is 0 Å². The van der Waals surface area contributed by atoms with Gasteiger partial charge in [0.1, 0.15) is 23.8 Å². The molecule has 160 valence electrons. The standard InChI is InChI=1S/C25H30FNO3/c1-24(2,3)30-23(28)27-17-25(12-8-5-9-13-25)22-20(26)14-19(15-21(22)27)29-16-18-10-6-4-7-11-18/h4,6-7,10-11,14-15H,5,8-9,12-13,16-17H2,1-3H3. The highest BCUT2D eigenvalue weighted by atomic mass is 19.1. The maximum absolute atomic E-state index is 15.4. The predicted octanol–water partition coefficient (Wildman–Crippen LogP) is 6.36. The summed E-state index contributed by atoms with van der Waals surface area (Å²) in [5, 5.41) is 0. The van der Waals surface area contributed by atoms with E-state index in [1.807, 2.05) is 51.1 Å². The Bertz CT molecular complexity index is 914. The third kappa shape index (κ3) is 4.16. The average Bonchev–Trinajstić information content (AvgIpc) is 3.01.